The Balaban J connectivity index is 2.15. The molecule has 0 atom stereocenters. The normalized spacial score (nSPS) is 19.3. The van der Waals surface area contributed by atoms with Gasteiger partial charge in [0.15, 0.2) is 0 Å². The molecule has 0 aromatic heterocycles. The van der Waals surface area contributed by atoms with Gasteiger partial charge in [-0.1, -0.05) is 11.6 Å². The van der Waals surface area contributed by atoms with Crippen LogP contribution in [0.5, 0.6) is 0 Å². The topological polar surface area (TPSA) is 29.3 Å². The summed E-state index contributed by atoms with van der Waals surface area (Å²) in [5.74, 6) is 0. The second-order valence-corrected chi connectivity index (χ2v) is 3.62. The van der Waals surface area contributed by atoms with Gasteiger partial charge in [-0.2, -0.15) is 0 Å². The highest BCUT2D eigenvalue weighted by Crippen LogP contribution is 2.15. The number of likely N-dealkylation sites (N-methyl/N-ethyl adjacent to an activating group) is 1. The maximum Gasteiger partial charge on any atom is 0.0162 e. The predicted octanol–water partition coefficient (Wildman–Crippen LogP) is 1.38. The molecule has 1 aliphatic heterocycles. The molecule has 0 bridgehead atoms. The van der Waals surface area contributed by atoms with Crippen molar-refractivity contribution in [2.45, 2.75) is 25.7 Å². The fourth-order valence-electron chi connectivity index (χ4n) is 1.54. The molecular formula is C10H20N2. The Bertz CT molecular complexity index is 152. The third-order valence-electron chi connectivity index (χ3n) is 2.46. The monoisotopic (exact) mass is 168 g/mol. The molecule has 12 heavy (non-hydrogen) atoms. The maximum atomic E-state index is 5.44. The fourth-order valence-corrected chi connectivity index (χ4v) is 1.54. The summed E-state index contributed by atoms with van der Waals surface area (Å²) in [6, 6.07) is 0. The average Bonchev–Trinajstić information content (AvgIpc) is 2.09. The Morgan fingerprint density at radius 2 is 2.33 bits per heavy atom. The lowest BCUT2D eigenvalue weighted by Crippen LogP contribution is -2.24. The molecule has 0 saturated heterocycles. The molecule has 2 nitrogen and oxygen atoms in total. The van der Waals surface area contributed by atoms with Gasteiger partial charge in [-0.25, -0.2) is 0 Å². The molecule has 0 fully saturated rings. The van der Waals surface area contributed by atoms with Crippen molar-refractivity contribution in [1.29, 1.82) is 0 Å². The number of rotatable bonds is 4. The zero-order valence-electron chi connectivity index (χ0n) is 8.05. The molecule has 0 aliphatic carbocycles. The predicted molar refractivity (Wildman–Crippen MR) is 53.1 cm³/mol. The number of hydrogen-bond donors (Lipinski definition) is 1. The highest BCUT2D eigenvalue weighted by molar-refractivity contribution is 5.06. The van der Waals surface area contributed by atoms with Gasteiger partial charge in [0.1, 0.15) is 0 Å². The van der Waals surface area contributed by atoms with E-state index in [0.717, 1.165) is 13.1 Å². The van der Waals surface area contributed by atoms with Crippen LogP contribution < -0.4 is 5.73 Å². The summed E-state index contributed by atoms with van der Waals surface area (Å²) in [4.78, 5) is 2.35. The van der Waals surface area contributed by atoms with Crippen molar-refractivity contribution in [3.05, 3.63) is 11.6 Å². The molecule has 0 aromatic carbocycles. The van der Waals surface area contributed by atoms with Crippen molar-refractivity contribution in [2.75, 3.05) is 26.7 Å². The van der Waals surface area contributed by atoms with Gasteiger partial charge in [0.05, 0.1) is 0 Å². The summed E-state index contributed by atoms with van der Waals surface area (Å²) in [6.45, 7) is 3.21. The van der Waals surface area contributed by atoms with Crippen LogP contribution in [-0.4, -0.2) is 31.6 Å². The summed E-state index contributed by atoms with van der Waals surface area (Å²) in [5, 5.41) is 0. The molecule has 1 aliphatic rings. The summed E-state index contributed by atoms with van der Waals surface area (Å²) in [6.07, 6.45) is 7.35. The van der Waals surface area contributed by atoms with Crippen LogP contribution in [-0.2, 0) is 0 Å². The number of unbranched alkanes of at least 4 members (excludes halogenated alkanes) is 1. The minimum Gasteiger partial charge on any atom is -0.330 e. The summed E-state index contributed by atoms with van der Waals surface area (Å²) in [5.41, 5.74) is 7.08. The molecule has 2 heteroatoms. The first-order valence-corrected chi connectivity index (χ1v) is 4.89. The van der Waals surface area contributed by atoms with E-state index in [-0.39, 0.29) is 0 Å². The Morgan fingerprint density at radius 1 is 1.50 bits per heavy atom. The van der Waals surface area contributed by atoms with Crippen LogP contribution in [0.4, 0.5) is 0 Å². The van der Waals surface area contributed by atoms with E-state index in [9.17, 15) is 0 Å². The van der Waals surface area contributed by atoms with Crippen LogP contribution in [0, 0.1) is 0 Å². The first kappa shape index (κ1) is 9.75. The summed E-state index contributed by atoms with van der Waals surface area (Å²) >= 11 is 0. The van der Waals surface area contributed by atoms with E-state index < -0.39 is 0 Å². The summed E-state index contributed by atoms with van der Waals surface area (Å²) < 4.78 is 0. The van der Waals surface area contributed by atoms with Crippen molar-refractivity contribution in [3.63, 3.8) is 0 Å². The smallest absolute Gasteiger partial charge is 0.0162 e. The molecule has 0 aromatic rings. The molecular weight excluding hydrogens is 148 g/mol. The second kappa shape index (κ2) is 5.33. The minimum absolute atomic E-state index is 0.840. The van der Waals surface area contributed by atoms with Crippen LogP contribution in [0.2, 0.25) is 0 Å². The van der Waals surface area contributed by atoms with E-state index in [1.54, 1.807) is 5.57 Å². The van der Waals surface area contributed by atoms with Crippen LogP contribution in [0.3, 0.4) is 0 Å². The molecule has 0 amide bonds. The van der Waals surface area contributed by atoms with Gasteiger partial charge in [-0.3, -0.25) is 0 Å². The number of nitrogens with two attached hydrogens (primary N) is 1. The molecule has 0 spiro atoms. The maximum absolute atomic E-state index is 5.44. The quantitative estimate of drug-likeness (QED) is 0.507. The first-order chi connectivity index (χ1) is 5.83. The third-order valence-corrected chi connectivity index (χ3v) is 2.46. The Kier molecular flexibility index (Phi) is 4.33. The second-order valence-electron chi connectivity index (χ2n) is 3.62. The molecule has 1 rings (SSSR count). The highest BCUT2D eigenvalue weighted by atomic mass is 15.1. The van der Waals surface area contributed by atoms with Crippen molar-refractivity contribution in [3.8, 4) is 0 Å². The van der Waals surface area contributed by atoms with E-state index >= 15 is 0 Å². The summed E-state index contributed by atoms with van der Waals surface area (Å²) in [7, 11) is 2.17. The van der Waals surface area contributed by atoms with Gasteiger partial charge in [0, 0.05) is 13.1 Å². The van der Waals surface area contributed by atoms with Gasteiger partial charge >= 0.3 is 0 Å². The van der Waals surface area contributed by atoms with E-state index in [0.29, 0.717) is 0 Å². The molecule has 0 saturated carbocycles. The van der Waals surface area contributed by atoms with E-state index in [4.69, 9.17) is 5.73 Å². The lowest BCUT2D eigenvalue weighted by atomic mass is 10.0. The van der Waals surface area contributed by atoms with E-state index in [2.05, 4.69) is 18.0 Å². The van der Waals surface area contributed by atoms with Gasteiger partial charge in [0.25, 0.3) is 0 Å². The molecule has 1 heterocycles. The Hall–Kier alpha value is -0.340. The molecule has 0 radical (unpaired) electrons. The number of nitrogens with zero attached hydrogens (tertiary/aromatic N) is 1. The first-order valence-electron chi connectivity index (χ1n) is 4.89. The van der Waals surface area contributed by atoms with Gasteiger partial charge in [0.2, 0.25) is 0 Å². The van der Waals surface area contributed by atoms with Crippen molar-refractivity contribution in [1.82, 2.24) is 4.90 Å². The zero-order valence-corrected chi connectivity index (χ0v) is 8.05. The largest absolute Gasteiger partial charge is 0.330 e. The Morgan fingerprint density at radius 3 is 2.92 bits per heavy atom. The van der Waals surface area contributed by atoms with Crippen molar-refractivity contribution in [2.24, 2.45) is 5.73 Å². The van der Waals surface area contributed by atoms with Crippen LogP contribution in [0.1, 0.15) is 25.7 Å². The highest BCUT2D eigenvalue weighted by Gasteiger charge is 2.06. The minimum atomic E-state index is 0.840. The van der Waals surface area contributed by atoms with Crippen LogP contribution in [0.25, 0.3) is 0 Å². The van der Waals surface area contributed by atoms with Gasteiger partial charge in [-0.05, 0) is 39.3 Å². The van der Waals surface area contributed by atoms with Crippen molar-refractivity contribution < 1.29 is 0 Å². The zero-order chi connectivity index (χ0) is 8.81. The average molecular weight is 168 g/mol. The standard InChI is InChI=1S/C10H20N2/c1-12-8-5-10(6-9-12)4-2-3-7-11/h5H,2-4,6-9,11H2,1H3. The third kappa shape index (κ3) is 3.37. The molecule has 0 unspecified atom stereocenters. The molecule has 70 valence electrons. The van der Waals surface area contributed by atoms with Gasteiger partial charge in [-0.15, -0.1) is 0 Å². The SMILES string of the molecule is CN1CC=C(CCCCN)CC1. The molecule has 2 N–H and O–H groups in total. The number of hydrogen-bond acceptors (Lipinski definition) is 2. The lowest BCUT2D eigenvalue weighted by molar-refractivity contribution is 0.355. The van der Waals surface area contributed by atoms with Crippen LogP contribution >= 0.6 is 0 Å². The van der Waals surface area contributed by atoms with Crippen molar-refractivity contribution >= 4 is 0 Å². The fraction of sp³-hybridized carbons (Fsp3) is 0.800. The van der Waals surface area contributed by atoms with Crippen LogP contribution in [0.15, 0.2) is 11.6 Å². The Labute approximate surface area is 75.4 Å². The lowest BCUT2D eigenvalue weighted by Gasteiger charge is -2.21. The van der Waals surface area contributed by atoms with E-state index in [1.807, 2.05) is 0 Å². The van der Waals surface area contributed by atoms with Gasteiger partial charge < -0.3 is 10.6 Å². The van der Waals surface area contributed by atoms with E-state index in [1.165, 1.54) is 32.2 Å².